The molecular formula is C25H39N3O3. The molecule has 0 aliphatic carbocycles. The molecule has 6 nitrogen and oxygen atoms in total. The Morgan fingerprint density at radius 1 is 1.03 bits per heavy atom. The van der Waals surface area contributed by atoms with Crippen molar-refractivity contribution in [2.24, 2.45) is 17.8 Å². The van der Waals surface area contributed by atoms with Crippen LogP contribution in [0.25, 0.3) is 0 Å². The Morgan fingerprint density at radius 2 is 1.68 bits per heavy atom. The van der Waals surface area contributed by atoms with E-state index in [2.05, 4.69) is 24.5 Å². The number of likely N-dealkylation sites (tertiary alicyclic amines) is 1. The number of piperidine rings is 1. The number of rotatable bonds is 8. The minimum Gasteiger partial charge on any atom is -0.352 e. The van der Waals surface area contributed by atoms with Crippen LogP contribution in [0.2, 0.25) is 0 Å². The van der Waals surface area contributed by atoms with Crippen LogP contribution in [-0.4, -0.2) is 47.8 Å². The summed E-state index contributed by atoms with van der Waals surface area (Å²) in [6, 6.07) is 6.78. The van der Waals surface area contributed by atoms with Crippen molar-refractivity contribution in [1.82, 2.24) is 15.5 Å². The Kier molecular flexibility index (Phi) is 9.08. The molecule has 1 aromatic carbocycles. The smallest absolute Gasteiger partial charge is 0.251 e. The predicted molar refractivity (Wildman–Crippen MR) is 124 cm³/mol. The fourth-order valence-electron chi connectivity index (χ4n) is 3.85. The minimum atomic E-state index is -0.614. The monoisotopic (exact) mass is 429 g/mol. The van der Waals surface area contributed by atoms with E-state index in [1.54, 1.807) is 6.07 Å². The third-order valence-electron chi connectivity index (χ3n) is 6.17. The number of aryl methyl sites for hydroxylation is 1. The van der Waals surface area contributed by atoms with E-state index >= 15 is 0 Å². The summed E-state index contributed by atoms with van der Waals surface area (Å²) in [5, 5.41) is 6.07. The van der Waals surface area contributed by atoms with E-state index in [0.717, 1.165) is 5.56 Å². The van der Waals surface area contributed by atoms with Gasteiger partial charge in [0.1, 0.15) is 6.04 Å². The van der Waals surface area contributed by atoms with Crippen LogP contribution < -0.4 is 10.6 Å². The summed E-state index contributed by atoms with van der Waals surface area (Å²) in [5.41, 5.74) is 1.55. The van der Waals surface area contributed by atoms with Gasteiger partial charge in [-0.1, -0.05) is 45.4 Å². The van der Waals surface area contributed by atoms with Crippen molar-refractivity contribution in [3.8, 4) is 0 Å². The van der Waals surface area contributed by atoms with Crippen molar-refractivity contribution in [2.75, 3.05) is 13.1 Å². The lowest BCUT2D eigenvalue weighted by molar-refractivity contribution is -0.133. The van der Waals surface area contributed by atoms with E-state index in [4.69, 9.17) is 0 Å². The zero-order valence-electron chi connectivity index (χ0n) is 19.9. The minimum absolute atomic E-state index is 0.00350. The first-order valence-corrected chi connectivity index (χ1v) is 11.5. The standard InChI is InChI=1S/C25H39N3O3/c1-16(2)14-22(29)28-12-10-20(11-13-28)23(25(31)26-19(6)17(3)4)27-24(30)21-9-7-8-18(5)15-21/h7-9,15-17,19-20,23H,10-14H2,1-6H3,(H,26,31)(H,27,30). The Balaban J connectivity index is 2.11. The van der Waals surface area contributed by atoms with Crippen molar-refractivity contribution in [1.29, 1.82) is 0 Å². The van der Waals surface area contributed by atoms with E-state index < -0.39 is 6.04 Å². The SMILES string of the molecule is Cc1cccc(C(=O)NC(C(=O)NC(C)C(C)C)C2CCN(C(=O)CC(C)C)CC2)c1. The number of benzene rings is 1. The molecule has 1 fully saturated rings. The van der Waals surface area contributed by atoms with Gasteiger partial charge in [0.15, 0.2) is 0 Å². The molecule has 0 bridgehead atoms. The maximum atomic E-state index is 13.1. The van der Waals surface area contributed by atoms with Crippen molar-refractivity contribution < 1.29 is 14.4 Å². The summed E-state index contributed by atoms with van der Waals surface area (Å²) in [5.74, 6) is 0.416. The fraction of sp³-hybridized carbons (Fsp3) is 0.640. The first kappa shape index (κ1) is 24.9. The van der Waals surface area contributed by atoms with Gasteiger partial charge in [0.05, 0.1) is 0 Å². The van der Waals surface area contributed by atoms with E-state index in [1.807, 2.05) is 50.8 Å². The fourth-order valence-corrected chi connectivity index (χ4v) is 3.85. The third kappa shape index (κ3) is 7.37. The Bertz CT molecular complexity index is 767. The van der Waals surface area contributed by atoms with Crippen LogP contribution in [0.3, 0.4) is 0 Å². The van der Waals surface area contributed by atoms with Gasteiger partial charge in [-0.05, 0) is 56.6 Å². The number of hydrogen-bond acceptors (Lipinski definition) is 3. The molecule has 0 aromatic heterocycles. The van der Waals surface area contributed by atoms with Gasteiger partial charge >= 0.3 is 0 Å². The van der Waals surface area contributed by atoms with Crippen LogP contribution in [0.1, 0.15) is 69.8 Å². The molecule has 3 amide bonds. The summed E-state index contributed by atoms with van der Waals surface area (Å²) in [6.45, 7) is 13.4. The molecule has 0 radical (unpaired) electrons. The Morgan fingerprint density at radius 3 is 2.23 bits per heavy atom. The highest BCUT2D eigenvalue weighted by Crippen LogP contribution is 2.23. The molecule has 6 heteroatoms. The zero-order chi connectivity index (χ0) is 23.1. The molecule has 0 spiro atoms. The molecule has 2 rings (SSSR count). The molecular weight excluding hydrogens is 390 g/mol. The van der Waals surface area contributed by atoms with Crippen molar-refractivity contribution in [3.05, 3.63) is 35.4 Å². The highest BCUT2D eigenvalue weighted by atomic mass is 16.2. The lowest BCUT2D eigenvalue weighted by Gasteiger charge is -2.36. The molecule has 1 aromatic rings. The molecule has 31 heavy (non-hydrogen) atoms. The van der Waals surface area contributed by atoms with Crippen molar-refractivity contribution >= 4 is 17.7 Å². The quantitative estimate of drug-likeness (QED) is 0.663. The second-order valence-corrected chi connectivity index (χ2v) is 9.68. The molecule has 2 atom stereocenters. The summed E-state index contributed by atoms with van der Waals surface area (Å²) in [4.78, 5) is 40.4. The number of nitrogens with zero attached hydrogens (tertiary/aromatic N) is 1. The number of amides is 3. The summed E-state index contributed by atoms with van der Waals surface area (Å²) in [7, 11) is 0. The zero-order valence-corrected chi connectivity index (χ0v) is 19.9. The highest BCUT2D eigenvalue weighted by molar-refractivity contribution is 5.97. The second kappa shape index (κ2) is 11.3. The van der Waals surface area contributed by atoms with E-state index in [1.165, 1.54) is 0 Å². The number of carbonyl (C=O) groups excluding carboxylic acids is 3. The van der Waals surface area contributed by atoms with Crippen molar-refractivity contribution in [3.63, 3.8) is 0 Å². The molecule has 1 aliphatic rings. The van der Waals surface area contributed by atoms with Gasteiger partial charge in [0.2, 0.25) is 11.8 Å². The van der Waals surface area contributed by atoms with Crippen LogP contribution in [0.5, 0.6) is 0 Å². The van der Waals surface area contributed by atoms with Gasteiger partial charge in [0, 0.05) is 31.1 Å². The summed E-state index contributed by atoms with van der Waals surface area (Å²) in [6.07, 6.45) is 1.95. The van der Waals surface area contributed by atoms with Gasteiger partial charge in [0.25, 0.3) is 5.91 Å². The van der Waals surface area contributed by atoms with E-state index in [9.17, 15) is 14.4 Å². The molecule has 172 valence electrons. The van der Waals surface area contributed by atoms with E-state index in [-0.39, 0.29) is 29.7 Å². The second-order valence-electron chi connectivity index (χ2n) is 9.68. The number of hydrogen-bond donors (Lipinski definition) is 2. The maximum absolute atomic E-state index is 13.1. The van der Waals surface area contributed by atoms with Crippen LogP contribution in [-0.2, 0) is 9.59 Å². The summed E-state index contributed by atoms with van der Waals surface area (Å²) >= 11 is 0. The average Bonchev–Trinajstić information content (AvgIpc) is 2.71. The number of nitrogens with one attached hydrogen (secondary N) is 2. The van der Waals surface area contributed by atoms with Crippen molar-refractivity contribution in [2.45, 2.75) is 72.9 Å². The largest absolute Gasteiger partial charge is 0.352 e. The van der Waals surface area contributed by atoms with Crippen LogP contribution in [0.4, 0.5) is 0 Å². The summed E-state index contributed by atoms with van der Waals surface area (Å²) < 4.78 is 0. The maximum Gasteiger partial charge on any atom is 0.251 e. The van der Waals surface area contributed by atoms with E-state index in [0.29, 0.717) is 49.8 Å². The van der Waals surface area contributed by atoms with Gasteiger partial charge in [-0.2, -0.15) is 0 Å². The topological polar surface area (TPSA) is 78.5 Å². The third-order valence-corrected chi connectivity index (χ3v) is 6.17. The van der Waals surface area contributed by atoms with Gasteiger partial charge in [-0.3, -0.25) is 14.4 Å². The molecule has 1 aliphatic heterocycles. The van der Waals surface area contributed by atoms with Gasteiger partial charge < -0.3 is 15.5 Å². The van der Waals surface area contributed by atoms with Gasteiger partial charge in [-0.25, -0.2) is 0 Å². The molecule has 1 heterocycles. The van der Waals surface area contributed by atoms with Crippen LogP contribution in [0, 0.1) is 24.7 Å². The average molecular weight is 430 g/mol. The Labute approximate surface area is 187 Å². The lowest BCUT2D eigenvalue weighted by Crippen LogP contribution is -2.55. The number of carbonyl (C=O) groups is 3. The Hall–Kier alpha value is -2.37. The molecule has 2 unspecified atom stereocenters. The van der Waals surface area contributed by atoms with Crippen LogP contribution in [0.15, 0.2) is 24.3 Å². The molecule has 2 N–H and O–H groups in total. The first-order valence-electron chi connectivity index (χ1n) is 11.5. The molecule has 0 saturated carbocycles. The first-order chi connectivity index (χ1) is 14.6. The highest BCUT2D eigenvalue weighted by Gasteiger charge is 2.34. The lowest BCUT2D eigenvalue weighted by atomic mass is 9.87. The molecule has 1 saturated heterocycles. The van der Waals surface area contributed by atoms with Gasteiger partial charge in [-0.15, -0.1) is 0 Å². The predicted octanol–water partition coefficient (Wildman–Crippen LogP) is 3.54. The normalized spacial score (nSPS) is 16.8. The van der Waals surface area contributed by atoms with Crippen LogP contribution >= 0.6 is 0 Å².